The summed E-state index contributed by atoms with van der Waals surface area (Å²) in [4.78, 5) is 5.09. The van der Waals surface area contributed by atoms with Crippen LogP contribution in [0.4, 0.5) is 0 Å². The lowest BCUT2D eigenvalue weighted by Gasteiger charge is -2.24. The minimum absolute atomic E-state index is 0.0583. The fraction of sp³-hybridized carbons (Fsp3) is 0.258. The van der Waals surface area contributed by atoms with Gasteiger partial charge in [0.1, 0.15) is 5.01 Å². The molecule has 33 heavy (non-hydrogen) atoms. The molecule has 0 fully saturated rings. The van der Waals surface area contributed by atoms with Crippen molar-refractivity contribution >= 4 is 32.3 Å². The van der Waals surface area contributed by atoms with Crippen molar-refractivity contribution in [3.05, 3.63) is 89.5 Å². The summed E-state index contributed by atoms with van der Waals surface area (Å²) in [5.41, 5.74) is 9.59. The Bertz CT molecular complexity index is 1510. The maximum atomic E-state index is 5.09. The summed E-state index contributed by atoms with van der Waals surface area (Å²) in [6.45, 7) is 11.7. The standard InChI is InChI=1S/C31H29NS/c1-30(2,3)18-19-14-15-24-22(16-19)27-23(29-32-25-12-8-9-13-26(25)33-29)17-20-10-6-7-11-21(20)28(27)31(24,4)5/h6-17H,18H2,1-5H3. The summed E-state index contributed by atoms with van der Waals surface area (Å²) in [7, 11) is 0. The second kappa shape index (κ2) is 7.01. The third-order valence-electron chi connectivity index (χ3n) is 6.96. The van der Waals surface area contributed by atoms with E-state index in [1.54, 1.807) is 11.3 Å². The minimum atomic E-state index is -0.0583. The maximum Gasteiger partial charge on any atom is 0.125 e. The van der Waals surface area contributed by atoms with Crippen LogP contribution in [0.1, 0.15) is 51.3 Å². The third kappa shape index (κ3) is 3.23. The lowest BCUT2D eigenvalue weighted by Crippen LogP contribution is -2.16. The Morgan fingerprint density at radius 3 is 2.39 bits per heavy atom. The first kappa shape index (κ1) is 20.6. The van der Waals surface area contributed by atoms with Crippen molar-refractivity contribution in [2.45, 2.75) is 46.5 Å². The van der Waals surface area contributed by atoms with E-state index in [0.717, 1.165) is 16.9 Å². The first-order valence-corrected chi connectivity index (χ1v) is 12.6. The molecule has 1 aliphatic carbocycles. The Kier molecular flexibility index (Phi) is 4.38. The summed E-state index contributed by atoms with van der Waals surface area (Å²) < 4.78 is 1.24. The molecule has 0 spiro atoms. The number of rotatable bonds is 2. The lowest BCUT2D eigenvalue weighted by molar-refractivity contribution is 0.411. The Morgan fingerprint density at radius 2 is 1.61 bits per heavy atom. The van der Waals surface area contributed by atoms with Crippen LogP contribution in [0.25, 0.3) is 42.7 Å². The zero-order valence-electron chi connectivity index (χ0n) is 20.0. The number of aromatic nitrogens is 1. The number of thiazole rings is 1. The Hall–Kier alpha value is -2.97. The SMILES string of the molecule is CC(C)(C)Cc1ccc2c(c1)-c1c(-c3nc4ccccc4s3)cc3ccccc3c1C2(C)C. The molecular formula is C31H29NS. The van der Waals surface area contributed by atoms with Crippen molar-refractivity contribution in [1.82, 2.24) is 4.98 Å². The van der Waals surface area contributed by atoms with Crippen LogP contribution in [0.5, 0.6) is 0 Å². The summed E-state index contributed by atoms with van der Waals surface area (Å²) in [5, 5.41) is 3.76. The van der Waals surface area contributed by atoms with Gasteiger partial charge in [-0.25, -0.2) is 4.98 Å². The smallest absolute Gasteiger partial charge is 0.125 e. The maximum absolute atomic E-state index is 5.09. The van der Waals surface area contributed by atoms with Crippen LogP contribution in [0.15, 0.2) is 72.8 Å². The average Bonchev–Trinajstić information content (AvgIpc) is 3.29. The van der Waals surface area contributed by atoms with E-state index in [1.165, 1.54) is 48.9 Å². The number of hydrogen-bond donors (Lipinski definition) is 0. The van der Waals surface area contributed by atoms with Gasteiger partial charge in [-0.1, -0.05) is 89.2 Å². The normalized spacial score (nSPS) is 14.6. The molecule has 0 atom stereocenters. The molecule has 0 saturated heterocycles. The summed E-state index contributed by atoms with van der Waals surface area (Å²) in [5.74, 6) is 0. The Morgan fingerprint density at radius 1 is 0.848 bits per heavy atom. The molecule has 0 N–H and O–H groups in total. The van der Waals surface area contributed by atoms with E-state index in [9.17, 15) is 0 Å². The number of fused-ring (bicyclic) bond motifs is 6. The molecule has 1 nitrogen and oxygen atoms in total. The van der Waals surface area contributed by atoms with Gasteiger partial charge in [0.05, 0.1) is 10.2 Å². The topological polar surface area (TPSA) is 12.9 Å². The van der Waals surface area contributed by atoms with Crippen LogP contribution < -0.4 is 0 Å². The lowest BCUT2D eigenvalue weighted by atomic mass is 9.79. The minimum Gasteiger partial charge on any atom is -0.236 e. The predicted molar refractivity (Wildman–Crippen MR) is 143 cm³/mol. The van der Waals surface area contributed by atoms with Gasteiger partial charge in [0.25, 0.3) is 0 Å². The molecule has 0 saturated carbocycles. The highest BCUT2D eigenvalue weighted by Crippen LogP contribution is 2.55. The first-order valence-electron chi connectivity index (χ1n) is 11.8. The van der Waals surface area contributed by atoms with Crippen LogP contribution in [0.2, 0.25) is 0 Å². The van der Waals surface area contributed by atoms with Crippen LogP contribution >= 0.6 is 11.3 Å². The third-order valence-corrected chi connectivity index (χ3v) is 8.03. The second-order valence-electron chi connectivity index (χ2n) is 11.1. The quantitative estimate of drug-likeness (QED) is 0.263. The van der Waals surface area contributed by atoms with Gasteiger partial charge in [0.15, 0.2) is 0 Å². The largest absolute Gasteiger partial charge is 0.236 e. The van der Waals surface area contributed by atoms with Crippen LogP contribution in [-0.4, -0.2) is 4.98 Å². The van der Waals surface area contributed by atoms with Crippen LogP contribution in [-0.2, 0) is 11.8 Å². The fourth-order valence-electron chi connectivity index (χ4n) is 5.63. The molecule has 4 aromatic carbocycles. The summed E-state index contributed by atoms with van der Waals surface area (Å²) >= 11 is 1.80. The second-order valence-corrected chi connectivity index (χ2v) is 12.2. The molecule has 0 radical (unpaired) electrons. The highest BCUT2D eigenvalue weighted by Gasteiger charge is 2.39. The van der Waals surface area contributed by atoms with Crippen molar-refractivity contribution < 1.29 is 0 Å². The van der Waals surface area contributed by atoms with Crippen LogP contribution in [0, 0.1) is 5.41 Å². The van der Waals surface area contributed by atoms with Gasteiger partial charge in [-0.05, 0) is 68.6 Å². The van der Waals surface area contributed by atoms with Crippen molar-refractivity contribution in [1.29, 1.82) is 0 Å². The predicted octanol–water partition coefficient (Wildman–Crippen LogP) is 9.01. The number of nitrogens with zero attached hydrogens (tertiary/aromatic N) is 1. The van der Waals surface area contributed by atoms with Crippen LogP contribution in [0.3, 0.4) is 0 Å². The van der Waals surface area contributed by atoms with Gasteiger partial charge in [0.2, 0.25) is 0 Å². The van der Waals surface area contributed by atoms with E-state index >= 15 is 0 Å². The highest BCUT2D eigenvalue weighted by atomic mass is 32.1. The van der Waals surface area contributed by atoms with E-state index in [4.69, 9.17) is 4.98 Å². The van der Waals surface area contributed by atoms with Gasteiger partial charge < -0.3 is 0 Å². The molecule has 0 unspecified atom stereocenters. The van der Waals surface area contributed by atoms with Gasteiger partial charge in [-0.15, -0.1) is 11.3 Å². The zero-order valence-corrected chi connectivity index (χ0v) is 20.8. The fourth-order valence-corrected chi connectivity index (χ4v) is 6.62. The molecule has 1 aromatic heterocycles. The summed E-state index contributed by atoms with van der Waals surface area (Å²) in [6.07, 6.45) is 1.07. The zero-order chi connectivity index (χ0) is 23.0. The van der Waals surface area contributed by atoms with E-state index < -0.39 is 0 Å². The molecule has 0 amide bonds. The monoisotopic (exact) mass is 447 g/mol. The Balaban J connectivity index is 1.70. The summed E-state index contributed by atoms with van der Waals surface area (Å²) in [6, 6.07) is 26.9. The molecule has 164 valence electrons. The molecular weight excluding hydrogens is 418 g/mol. The van der Waals surface area contributed by atoms with Crippen molar-refractivity contribution in [2.75, 3.05) is 0 Å². The molecule has 5 aromatic rings. The Labute approximate surface area is 200 Å². The van der Waals surface area contributed by atoms with Gasteiger partial charge >= 0.3 is 0 Å². The number of hydrogen-bond acceptors (Lipinski definition) is 2. The van der Waals surface area contributed by atoms with Gasteiger partial charge in [-0.3, -0.25) is 0 Å². The molecule has 1 heterocycles. The number of benzene rings is 4. The first-order chi connectivity index (χ1) is 15.7. The molecule has 0 bridgehead atoms. The molecule has 6 rings (SSSR count). The van der Waals surface area contributed by atoms with E-state index in [0.29, 0.717) is 0 Å². The number of para-hydroxylation sites is 1. The highest BCUT2D eigenvalue weighted by molar-refractivity contribution is 7.21. The van der Waals surface area contributed by atoms with Crippen molar-refractivity contribution in [3.8, 4) is 21.7 Å². The van der Waals surface area contributed by atoms with E-state index in [1.807, 2.05) is 0 Å². The average molecular weight is 448 g/mol. The van der Waals surface area contributed by atoms with E-state index in [2.05, 4.69) is 107 Å². The molecule has 2 heteroatoms. The van der Waals surface area contributed by atoms with Gasteiger partial charge in [-0.2, -0.15) is 0 Å². The van der Waals surface area contributed by atoms with Gasteiger partial charge in [0, 0.05) is 11.0 Å². The molecule has 1 aliphatic rings. The van der Waals surface area contributed by atoms with Crippen molar-refractivity contribution in [3.63, 3.8) is 0 Å². The molecule has 0 aliphatic heterocycles. The van der Waals surface area contributed by atoms with E-state index in [-0.39, 0.29) is 10.8 Å². The van der Waals surface area contributed by atoms with Crippen molar-refractivity contribution in [2.24, 2.45) is 5.41 Å².